The number of hydrogen-bond donors (Lipinski definition) is 3. The van der Waals surface area contributed by atoms with Crippen LogP contribution in [0.4, 0.5) is 5.69 Å². The fourth-order valence-corrected chi connectivity index (χ4v) is 3.15. The molecule has 1 aromatic heterocycles. The molecule has 20 heavy (non-hydrogen) atoms. The molecular weight excluding hydrogens is 366 g/mol. The highest BCUT2D eigenvalue weighted by Gasteiger charge is 2.15. The van der Waals surface area contributed by atoms with Crippen molar-refractivity contribution in [2.45, 2.75) is 0 Å². The third kappa shape index (κ3) is 3.12. The minimum Gasteiger partial charge on any atom is -0.409 e. The molecule has 2 aromatic rings. The predicted molar refractivity (Wildman–Crippen MR) is 83.9 cm³/mol. The highest BCUT2D eigenvalue weighted by Crippen LogP contribution is 2.26. The van der Waals surface area contributed by atoms with Gasteiger partial charge in [-0.3, -0.25) is 4.79 Å². The van der Waals surface area contributed by atoms with Gasteiger partial charge in [0.05, 0.1) is 5.69 Å². The minimum absolute atomic E-state index is 0.109. The number of nitrogens with zero attached hydrogens (tertiary/aromatic N) is 1. The number of amidine groups is 1. The molecule has 0 aliphatic carbocycles. The Morgan fingerprint density at radius 1 is 1.45 bits per heavy atom. The van der Waals surface area contributed by atoms with Gasteiger partial charge in [0.15, 0.2) is 5.84 Å². The molecule has 0 radical (unpaired) electrons. The average Bonchev–Trinajstić information content (AvgIpc) is 2.84. The number of carbonyl (C=O) groups is 1. The number of oxime groups is 1. The Morgan fingerprint density at radius 2 is 2.20 bits per heavy atom. The minimum atomic E-state index is -0.305. The highest BCUT2D eigenvalue weighted by atomic mass is 79.9. The number of nitrogens with one attached hydrogen (secondary N) is 1. The number of nitrogens with two attached hydrogens (primary N) is 1. The van der Waals surface area contributed by atoms with Crippen molar-refractivity contribution < 1.29 is 10.0 Å². The molecule has 0 bridgehead atoms. The molecule has 4 N–H and O–H groups in total. The summed E-state index contributed by atoms with van der Waals surface area (Å²) in [7, 11) is 0. The van der Waals surface area contributed by atoms with Crippen molar-refractivity contribution in [3.63, 3.8) is 0 Å². The van der Waals surface area contributed by atoms with Gasteiger partial charge in [0.2, 0.25) is 0 Å². The molecule has 1 heterocycles. The number of amides is 1. The van der Waals surface area contributed by atoms with Crippen LogP contribution in [0.3, 0.4) is 0 Å². The van der Waals surface area contributed by atoms with Crippen LogP contribution >= 0.6 is 38.9 Å². The van der Waals surface area contributed by atoms with Crippen molar-refractivity contribution in [2.75, 3.05) is 5.32 Å². The fraction of sp³-hybridized carbons (Fsp3) is 0. The summed E-state index contributed by atoms with van der Waals surface area (Å²) >= 11 is 10.5. The van der Waals surface area contributed by atoms with Gasteiger partial charge in [-0.2, -0.15) is 0 Å². The maximum absolute atomic E-state index is 12.2. The van der Waals surface area contributed by atoms with E-state index in [1.165, 1.54) is 17.4 Å². The highest BCUT2D eigenvalue weighted by molar-refractivity contribution is 9.10. The molecule has 8 heteroatoms. The maximum Gasteiger partial charge on any atom is 0.266 e. The summed E-state index contributed by atoms with van der Waals surface area (Å²) in [4.78, 5) is 12.7. The Kier molecular flexibility index (Phi) is 4.64. The van der Waals surface area contributed by atoms with Crippen LogP contribution in [0.15, 0.2) is 39.3 Å². The topological polar surface area (TPSA) is 87.7 Å². The molecule has 5 nitrogen and oxygen atoms in total. The van der Waals surface area contributed by atoms with Crippen molar-refractivity contribution in [3.05, 3.63) is 49.6 Å². The lowest BCUT2D eigenvalue weighted by molar-refractivity contribution is 0.103. The smallest absolute Gasteiger partial charge is 0.266 e. The van der Waals surface area contributed by atoms with Crippen molar-refractivity contribution in [1.82, 2.24) is 0 Å². The molecule has 0 aliphatic rings. The summed E-state index contributed by atoms with van der Waals surface area (Å²) < 4.78 is 0.701. The summed E-state index contributed by atoms with van der Waals surface area (Å²) in [6.07, 6.45) is 0. The van der Waals surface area contributed by atoms with E-state index in [4.69, 9.17) is 22.5 Å². The second-order valence-corrected chi connectivity index (χ2v) is 5.93. The zero-order valence-electron chi connectivity index (χ0n) is 9.93. The Labute approximate surface area is 132 Å². The molecule has 1 aromatic carbocycles. The van der Waals surface area contributed by atoms with Gasteiger partial charge < -0.3 is 16.3 Å². The lowest BCUT2D eigenvalue weighted by Crippen LogP contribution is -2.18. The Hall–Kier alpha value is -1.57. The van der Waals surface area contributed by atoms with Crippen molar-refractivity contribution in [2.24, 2.45) is 10.9 Å². The lowest BCUT2D eigenvalue weighted by Gasteiger charge is -2.10. The summed E-state index contributed by atoms with van der Waals surface area (Å²) in [5.41, 5.74) is 6.33. The molecule has 2 rings (SSSR count). The van der Waals surface area contributed by atoms with Crippen molar-refractivity contribution in [3.8, 4) is 0 Å². The van der Waals surface area contributed by atoms with E-state index in [-0.39, 0.29) is 11.7 Å². The second-order valence-electron chi connectivity index (χ2n) is 3.73. The molecule has 0 saturated heterocycles. The van der Waals surface area contributed by atoms with E-state index in [0.29, 0.717) is 25.6 Å². The van der Waals surface area contributed by atoms with Crippen LogP contribution in [0.5, 0.6) is 0 Å². The van der Waals surface area contributed by atoms with Crippen LogP contribution in [-0.4, -0.2) is 17.0 Å². The lowest BCUT2D eigenvalue weighted by atomic mass is 10.1. The van der Waals surface area contributed by atoms with Gasteiger partial charge in [0.1, 0.15) is 4.88 Å². The number of anilines is 1. The van der Waals surface area contributed by atoms with E-state index >= 15 is 0 Å². The molecule has 104 valence electrons. The maximum atomic E-state index is 12.2. The number of rotatable bonds is 3. The van der Waals surface area contributed by atoms with E-state index in [9.17, 15) is 4.79 Å². The summed E-state index contributed by atoms with van der Waals surface area (Å²) in [5, 5.41) is 16.6. The van der Waals surface area contributed by atoms with E-state index in [2.05, 4.69) is 26.4 Å². The van der Waals surface area contributed by atoms with E-state index in [1.807, 2.05) is 0 Å². The Bertz CT molecular complexity index is 687. The molecule has 0 aliphatic heterocycles. The second kappa shape index (κ2) is 6.25. The van der Waals surface area contributed by atoms with Crippen molar-refractivity contribution >= 4 is 56.3 Å². The molecule has 1 amide bonds. The zero-order valence-corrected chi connectivity index (χ0v) is 13.1. The summed E-state index contributed by atoms with van der Waals surface area (Å²) in [6.45, 7) is 0. The SMILES string of the molecule is NC(=NO)c1ccc(Cl)cc1NC(=O)c1sccc1Br. The third-order valence-corrected chi connectivity index (χ3v) is 4.51. The van der Waals surface area contributed by atoms with Gasteiger partial charge in [-0.1, -0.05) is 16.8 Å². The Balaban J connectivity index is 2.36. The first-order chi connectivity index (χ1) is 9.52. The third-order valence-electron chi connectivity index (χ3n) is 2.44. The molecule has 0 unspecified atom stereocenters. The van der Waals surface area contributed by atoms with Gasteiger partial charge in [-0.25, -0.2) is 0 Å². The molecule has 0 spiro atoms. The van der Waals surface area contributed by atoms with Gasteiger partial charge in [0, 0.05) is 15.1 Å². The standard InChI is InChI=1S/C12H9BrClN3O2S/c13-8-3-4-20-10(8)12(18)16-9-5-6(14)1-2-7(9)11(15)17-19/h1-5,19H,(H2,15,17)(H,16,18). The van der Waals surface area contributed by atoms with Crippen LogP contribution in [-0.2, 0) is 0 Å². The molecule has 0 saturated carbocycles. The monoisotopic (exact) mass is 373 g/mol. The summed E-state index contributed by atoms with van der Waals surface area (Å²) in [6, 6.07) is 6.47. The number of halogens is 2. The fourth-order valence-electron chi connectivity index (χ4n) is 1.53. The first-order valence-corrected chi connectivity index (χ1v) is 7.39. The van der Waals surface area contributed by atoms with Gasteiger partial charge >= 0.3 is 0 Å². The van der Waals surface area contributed by atoms with E-state index < -0.39 is 0 Å². The normalized spacial score (nSPS) is 11.4. The molecule has 0 fully saturated rings. The first-order valence-electron chi connectivity index (χ1n) is 5.34. The number of thiophene rings is 1. The predicted octanol–water partition coefficient (Wildman–Crippen LogP) is 3.51. The quantitative estimate of drug-likeness (QED) is 0.332. The largest absolute Gasteiger partial charge is 0.409 e. The molecule has 0 atom stereocenters. The van der Waals surface area contributed by atoms with Gasteiger partial charge in [-0.05, 0) is 45.6 Å². The van der Waals surface area contributed by atoms with Crippen LogP contribution < -0.4 is 11.1 Å². The Morgan fingerprint density at radius 3 is 2.80 bits per heavy atom. The van der Waals surface area contributed by atoms with Gasteiger partial charge in [-0.15, -0.1) is 11.3 Å². The number of hydrogen-bond acceptors (Lipinski definition) is 4. The van der Waals surface area contributed by atoms with Crippen LogP contribution in [0, 0.1) is 0 Å². The number of benzene rings is 1. The average molecular weight is 375 g/mol. The zero-order chi connectivity index (χ0) is 14.7. The van der Waals surface area contributed by atoms with Gasteiger partial charge in [0.25, 0.3) is 5.91 Å². The first kappa shape index (κ1) is 14.8. The summed E-state index contributed by atoms with van der Waals surface area (Å²) in [5.74, 6) is -0.414. The molecular formula is C12H9BrClN3O2S. The van der Waals surface area contributed by atoms with Crippen LogP contribution in [0.2, 0.25) is 5.02 Å². The van der Waals surface area contributed by atoms with Crippen LogP contribution in [0.25, 0.3) is 0 Å². The number of carbonyl (C=O) groups excluding carboxylic acids is 1. The van der Waals surface area contributed by atoms with E-state index in [1.54, 1.807) is 23.6 Å². The van der Waals surface area contributed by atoms with E-state index in [0.717, 1.165) is 0 Å². The van der Waals surface area contributed by atoms with Crippen molar-refractivity contribution in [1.29, 1.82) is 0 Å². The van der Waals surface area contributed by atoms with Crippen LogP contribution in [0.1, 0.15) is 15.2 Å².